The van der Waals surface area contributed by atoms with E-state index in [1.54, 1.807) is 10.6 Å². The van der Waals surface area contributed by atoms with Crippen molar-refractivity contribution in [3.05, 3.63) is 45.9 Å². The summed E-state index contributed by atoms with van der Waals surface area (Å²) in [5, 5.41) is 5.56. The van der Waals surface area contributed by atoms with E-state index in [0.717, 1.165) is 11.3 Å². The first kappa shape index (κ1) is 16.1. The zero-order valence-corrected chi connectivity index (χ0v) is 14.5. The van der Waals surface area contributed by atoms with Gasteiger partial charge in [0.15, 0.2) is 0 Å². The van der Waals surface area contributed by atoms with Gasteiger partial charge in [-0.15, -0.1) is 0 Å². The molecule has 3 rings (SSSR count). The summed E-state index contributed by atoms with van der Waals surface area (Å²) in [6.07, 6.45) is 0. The van der Waals surface area contributed by atoms with Gasteiger partial charge in [0.2, 0.25) is 5.95 Å². The minimum absolute atomic E-state index is 0.0913. The Bertz CT molecular complexity index is 968. The SMILES string of the molecule is CCn1c(N/N=C(/C)c2c(C)nsc2N)nc2ccccc2c1=O. The van der Waals surface area contributed by atoms with Gasteiger partial charge in [-0.05, 0) is 44.4 Å². The highest BCUT2D eigenvalue weighted by atomic mass is 32.1. The molecule has 0 spiro atoms. The van der Waals surface area contributed by atoms with Crippen molar-refractivity contribution >= 4 is 39.1 Å². The van der Waals surface area contributed by atoms with Gasteiger partial charge in [0.1, 0.15) is 5.00 Å². The molecule has 0 amide bonds. The number of nitrogens with one attached hydrogen (secondary N) is 1. The van der Waals surface area contributed by atoms with E-state index in [2.05, 4.69) is 19.9 Å². The van der Waals surface area contributed by atoms with E-state index in [1.165, 1.54) is 11.5 Å². The van der Waals surface area contributed by atoms with Gasteiger partial charge in [0.05, 0.1) is 27.9 Å². The predicted octanol–water partition coefficient (Wildman–Crippen LogP) is 2.60. The Kier molecular flexibility index (Phi) is 4.30. The van der Waals surface area contributed by atoms with Crippen molar-refractivity contribution < 1.29 is 0 Å². The molecular formula is C16H18N6OS. The maximum Gasteiger partial charge on any atom is 0.262 e. The Hall–Kier alpha value is -2.74. The lowest BCUT2D eigenvalue weighted by Crippen LogP contribution is -2.23. The molecule has 24 heavy (non-hydrogen) atoms. The summed E-state index contributed by atoms with van der Waals surface area (Å²) in [7, 11) is 0. The Balaban J connectivity index is 2.04. The number of hydrogen-bond acceptors (Lipinski definition) is 7. The van der Waals surface area contributed by atoms with Crippen LogP contribution in [0.3, 0.4) is 0 Å². The number of hydrogen-bond donors (Lipinski definition) is 2. The van der Waals surface area contributed by atoms with Crippen molar-refractivity contribution in [3.8, 4) is 0 Å². The number of aryl methyl sites for hydroxylation is 1. The Morgan fingerprint density at radius 1 is 1.42 bits per heavy atom. The van der Waals surface area contributed by atoms with Gasteiger partial charge >= 0.3 is 0 Å². The van der Waals surface area contributed by atoms with Crippen LogP contribution in [-0.4, -0.2) is 19.6 Å². The normalized spacial score (nSPS) is 11.9. The molecule has 124 valence electrons. The molecule has 0 fully saturated rings. The number of para-hydroxylation sites is 1. The fourth-order valence-corrected chi connectivity index (χ4v) is 3.28. The van der Waals surface area contributed by atoms with Crippen LogP contribution >= 0.6 is 11.5 Å². The largest absolute Gasteiger partial charge is 0.389 e. The summed E-state index contributed by atoms with van der Waals surface area (Å²) in [6.45, 7) is 6.12. The summed E-state index contributed by atoms with van der Waals surface area (Å²) >= 11 is 1.24. The van der Waals surface area contributed by atoms with Crippen molar-refractivity contribution in [2.75, 3.05) is 11.2 Å². The van der Waals surface area contributed by atoms with Gasteiger partial charge in [-0.1, -0.05) is 12.1 Å². The van der Waals surface area contributed by atoms with E-state index in [1.807, 2.05) is 39.0 Å². The number of nitrogens with two attached hydrogens (primary N) is 1. The number of nitrogens with zero attached hydrogens (tertiary/aromatic N) is 4. The van der Waals surface area contributed by atoms with Gasteiger partial charge in [-0.25, -0.2) is 10.4 Å². The second-order valence-electron chi connectivity index (χ2n) is 5.32. The molecular weight excluding hydrogens is 324 g/mol. The summed E-state index contributed by atoms with van der Waals surface area (Å²) in [5.41, 5.74) is 11.7. The molecule has 2 aromatic heterocycles. The van der Waals surface area contributed by atoms with Crippen molar-refractivity contribution in [3.63, 3.8) is 0 Å². The first-order chi connectivity index (χ1) is 11.5. The maximum atomic E-state index is 12.6. The third kappa shape index (κ3) is 2.76. The molecule has 0 saturated heterocycles. The summed E-state index contributed by atoms with van der Waals surface area (Å²) in [4.78, 5) is 17.1. The van der Waals surface area contributed by atoms with Gasteiger partial charge in [-0.3, -0.25) is 9.36 Å². The number of anilines is 2. The third-order valence-electron chi connectivity index (χ3n) is 3.75. The number of rotatable bonds is 4. The lowest BCUT2D eigenvalue weighted by molar-refractivity contribution is 0.724. The molecule has 0 saturated carbocycles. The number of aromatic nitrogens is 3. The van der Waals surface area contributed by atoms with Crippen LogP contribution in [0.4, 0.5) is 10.9 Å². The van der Waals surface area contributed by atoms with Crippen LogP contribution in [0, 0.1) is 6.92 Å². The number of hydrazone groups is 1. The molecule has 0 bridgehead atoms. The molecule has 0 radical (unpaired) electrons. The maximum absolute atomic E-state index is 12.6. The zero-order chi connectivity index (χ0) is 17.3. The van der Waals surface area contributed by atoms with Gasteiger partial charge in [0, 0.05) is 6.54 Å². The van der Waals surface area contributed by atoms with Crippen LogP contribution in [0.25, 0.3) is 10.9 Å². The second-order valence-corrected chi connectivity index (χ2v) is 6.12. The van der Waals surface area contributed by atoms with E-state index in [4.69, 9.17) is 5.73 Å². The topological polar surface area (TPSA) is 98.2 Å². The van der Waals surface area contributed by atoms with Crippen LogP contribution in [0.5, 0.6) is 0 Å². The summed E-state index contributed by atoms with van der Waals surface area (Å²) < 4.78 is 5.77. The molecule has 7 nitrogen and oxygen atoms in total. The second kappa shape index (κ2) is 6.40. The highest BCUT2D eigenvalue weighted by Crippen LogP contribution is 2.21. The molecule has 0 unspecified atom stereocenters. The Morgan fingerprint density at radius 3 is 2.83 bits per heavy atom. The van der Waals surface area contributed by atoms with Gasteiger partial charge < -0.3 is 5.73 Å². The molecule has 8 heteroatoms. The fourth-order valence-electron chi connectivity index (χ4n) is 2.56. The first-order valence-corrected chi connectivity index (χ1v) is 8.32. The molecule has 1 aromatic carbocycles. The predicted molar refractivity (Wildman–Crippen MR) is 98.8 cm³/mol. The van der Waals surface area contributed by atoms with Crippen LogP contribution < -0.4 is 16.7 Å². The van der Waals surface area contributed by atoms with Gasteiger partial charge in [-0.2, -0.15) is 9.47 Å². The third-order valence-corrected chi connectivity index (χ3v) is 4.52. The average molecular weight is 342 g/mol. The van der Waals surface area contributed by atoms with E-state index in [-0.39, 0.29) is 5.56 Å². The van der Waals surface area contributed by atoms with E-state index < -0.39 is 0 Å². The minimum Gasteiger partial charge on any atom is -0.389 e. The number of nitrogen functional groups attached to an aromatic ring is 1. The lowest BCUT2D eigenvalue weighted by Gasteiger charge is -2.11. The van der Waals surface area contributed by atoms with Crippen LogP contribution in [0.15, 0.2) is 34.2 Å². The quantitative estimate of drug-likeness (QED) is 0.561. The molecule has 3 aromatic rings. The summed E-state index contributed by atoms with van der Waals surface area (Å²) in [5.74, 6) is 0.403. The van der Waals surface area contributed by atoms with Crippen LogP contribution in [-0.2, 0) is 6.54 Å². The highest BCUT2D eigenvalue weighted by Gasteiger charge is 2.12. The van der Waals surface area contributed by atoms with Crippen LogP contribution in [0.2, 0.25) is 0 Å². The number of fused-ring (bicyclic) bond motifs is 1. The summed E-state index contributed by atoms with van der Waals surface area (Å²) in [6, 6.07) is 7.26. The Morgan fingerprint density at radius 2 is 2.17 bits per heavy atom. The number of benzene rings is 1. The molecule has 0 atom stereocenters. The lowest BCUT2D eigenvalue weighted by atomic mass is 10.2. The standard InChI is InChI=1S/C16H18N6OS/c1-4-22-15(23)11-7-5-6-8-12(11)18-16(22)20-19-9(2)13-10(3)21-24-14(13)17/h5-8H,4,17H2,1-3H3,(H,18,20)/b19-9-. The molecule has 3 N–H and O–H groups in total. The van der Waals surface area contributed by atoms with Crippen molar-refractivity contribution in [1.82, 2.24) is 13.9 Å². The molecule has 0 aliphatic carbocycles. The first-order valence-electron chi connectivity index (χ1n) is 7.55. The monoisotopic (exact) mass is 342 g/mol. The van der Waals surface area contributed by atoms with Gasteiger partial charge in [0.25, 0.3) is 5.56 Å². The van der Waals surface area contributed by atoms with E-state index >= 15 is 0 Å². The Labute approximate surface area is 143 Å². The van der Waals surface area contributed by atoms with Crippen molar-refractivity contribution in [2.24, 2.45) is 5.10 Å². The highest BCUT2D eigenvalue weighted by molar-refractivity contribution is 7.10. The van der Waals surface area contributed by atoms with E-state index in [0.29, 0.717) is 34.1 Å². The molecule has 2 heterocycles. The van der Waals surface area contributed by atoms with Crippen LogP contribution in [0.1, 0.15) is 25.1 Å². The van der Waals surface area contributed by atoms with E-state index in [9.17, 15) is 4.79 Å². The molecule has 0 aliphatic rings. The minimum atomic E-state index is -0.0913. The molecule has 0 aliphatic heterocycles. The van der Waals surface area contributed by atoms with Crippen molar-refractivity contribution in [1.29, 1.82) is 0 Å². The zero-order valence-electron chi connectivity index (χ0n) is 13.7. The smallest absolute Gasteiger partial charge is 0.262 e. The average Bonchev–Trinajstić information content (AvgIpc) is 2.91. The van der Waals surface area contributed by atoms with Crippen molar-refractivity contribution in [2.45, 2.75) is 27.3 Å². The fraction of sp³-hybridized carbons (Fsp3) is 0.250.